The predicted molar refractivity (Wildman–Crippen MR) is 187 cm³/mol. The maximum absolute atomic E-state index is 14.6. The molecule has 0 saturated carbocycles. The van der Waals surface area contributed by atoms with Gasteiger partial charge in [-0.2, -0.15) is 0 Å². The van der Waals surface area contributed by atoms with Crippen LogP contribution in [0.2, 0.25) is 27.8 Å². The predicted octanol–water partition coefficient (Wildman–Crippen LogP) is 9.62. The Labute approximate surface area is 278 Å². The molecule has 0 spiro atoms. The summed E-state index contributed by atoms with van der Waals surface area (Å²) in [5.74, 6) is 0. The van der Waals surface area contributed by atoms with Gasteiger partial charge in [0.05, 0.1) is 0 Å². The Hall–Kier alpha value is -1.46. The topological polar surface area (TPSA) is 74.8 Å². The van der Waals surface area contributed by atoms with Crippen molar-refractivity contribution in [3.8, 4) is 0 Å². The van der Waals surface area contributed by atoms with Crippen molar-refractivity contribution < 1.29 is 16.8 Å². The Balaban J connectivity index is 1.98. The van der Waals surface area contributed by atoms with Gasteiger partial charge in [-0.1, -0.05) is 0 Å². The van der Waals surface area contributed by atoms with Crippen LogP contribution in [-0.4, -0.2) is 47.8 Å². The van der Waals surface area contributed by atoms with Crippen LogP contribution in [0, 0.1) is 0 Å². The van der Waals surface area contributed by atoms with Gasteiger partial charge in [0.2, 0.25) is 0 Å². The fourth-order valence-corrected chi connectivity index (χ4v) is 27.4. The second kappa shape index (κ2) is 15.4. The molecule has 3 aromatic rings. The molecule has 1 aliphatic rings. The molecular weight excluding hydrogens is 742 g/mol. The van der Waals surface area contributed by atoms with E-state index in [2.05, 4.69) is 20.8 Å². The molecule has 240 valence electrons. The van der Waals surface area contributed by atoms with Gasteiger partial charge in [-0.25, -0.2) is 0 Å². The van der Waals surface area contributed by atoms with Gasteiger partial charge in [-0.05, 0) is 0 Å². The summed E-state index contributed by atoms with van der Waals surface area (Å²) >= 11 is 10.0. The number of rotatable bonds is 15. The first-order valence-corrected chi connectivity index (χ1v) is 27.4. The van der Waals surface area contributed by atoms with Crippen LogP contribution in [0.4, 0.5) is 11.4 Å². The van der Waals surface area contributed by atoms with E-state index in [0.29, 0.717) is 0 Å². The van der Waals surface area contributed by atoms with Crippen LogP contribution in [0.3, 0.4) is 0 Å². The standard InChI is InChI=1S/C21H17Cl2N2O4S2.3C4H9.Sn/c1-15-14-24(30(26,27)16-8-4-2-5-9-16)20-12-18(22)19(23)13-21(20)25(15)31(28,29)17-10-6-3-7-11-17;3*1-3-4-2;/h2-13,15H,1,14H2;3*1,3-4H2,2H3;. The van der Waals surface area contributed by atoms with E-state index in [-0.39, 0.29) is 37.8 Å². The molecule has 0 aromatic heterocycles. The zero-order valence-electron chi connectivity index (χ0n) is 25.9. The van der Waals surface area contributed by atoms with Crippen molar-refractivity contribution >= 4 is 73.0 Å². The summed E-state index contributed by atoms with van der Waals surface area (Å²) in [7, 11) is -8.12. The monoisotopic (exact) mass is 786 g/mol. The zero-order valence-corrected chi connectivity index (χ0v) is 31.9. The van der Waals surface area contributed by atoms with E-state index in [4.69, 9.17) is 23.2 Å². The number of sulfonamides is 2. The number of hydrogen-bond donors (Lipinski definition) is 0. The summed E-state index contributed by atoms with van der Waals surface area (Å²) in [5.41, 5.74) is 0.469. The van der Waals surface area contributed by atoms with Gasteiger partial charge in [0.1, 0.15) is 0 Å². The van der Waals surface area contributed by atoms with Gasteiger partial charge in [-0.15, -0.1) is 0 Å². The molecule has 1 unspecified atom stereocenters. The van der Waals surface area contributed by atoms with Crippen molar-refractivity contribution in [3.05, 3.63) is 82.8 Å². The van der Waals surface area contributed by atoms with Crippen molar-refractivity contribution in [3.63, 3.8) is 0 Å². The number of hydrogen-bond acceptors (Lipinski definition) is 4. The molecule has 0 aliphatic carbocycles. The van der Waals surface area contributed by atoms with Crippen molar-refractivity contribution in [2.75, 3.05) is 15.2 Å². The molecule has 11 heteroatoms. The molecule has 0 saturated heterocycles. The number of unbranched alkanes of at least 4 members (excludes halogenated alkanes) is 3. The molecule has 0 fully saturated rings. The zero-order chi connectivity index (χ0) is 32.0. The number of fused-ring (bicyclic) bond motifs is 1. The van der Waals surface area contributed by atoms with Gasteiger partial charge in [0.25, 0.3) is 0 Å². The third-order valence-corrected chi connectivity index (χ3v) is 29.0. The van der Waals surface area contributed by atoms with Gasteiger partial charge in [0, 0.05) is 0 Å². The maximum atomic E-state index is 14.6. The minimum absolute atomic E-state index is 0.0112. The van der Waals surface area contributed by atoms with Gasteiger partial charge < -0.3 is 0 Å². The first kappa shape index (κ1) is 35.4. The molecule has 0 N–H and O–H groups in total. The number of benzene rings is 3. The molecule has 4 rings (SSSR count). The van der Waals surface area contributed by atoms with E-state index in [1.807, 2.05) is 0 Å². The number of nitrogens with zero attached hydrogens (tertiary/aromatic N) is 2. The van der Waals surface area contributed by atoms with Crippen LogP contribution in [0.5, 0.6) is 0 Å². The Morgan fingerprint density at radius 1 is 0.682 bits per heavy atom. The fourth-order valence-electron chi connectivity index (χ4n) is 6.43. The van der Waals surface area contributed by atoms with Gasteiger partial charge in [0.15, 0.2) is 0 Å². The summed E-state index contributed by atoms with van der Waals surface area (Å²) in [6, 6.07) is 19.1. The normalized spacial score (nSPS) is 15.8. The summed E-state index contributed by atoms with van der Waals surface area (Å²) in [6.45, 7) is 6.63. The van der Waals surface area contributed by atoms with Crippen molar-refractivity contribution in [1.82, 2.24) is 0 Å². The van der Waals surface area contributed by atoms with Crippen LogP contribution in [0.1, 0.15) is 59.3 Å². The van der Waals surface area contributed by atoms with Crippen molar-refractivity contribution in [2.24, 2.45) is 0 Å². The Morgan fingerprint density at radius 2 is 1.11 bits per heavy atom. The van der Waals surface area contributed by atoms with Crippen LogP contribution >= 0.6 is 23.2 Å². The third-order valence-electron chi connectivity index (χ3n) is 8.71. The van der Waals surface area contributed by atoms with E-state index in [1.54, 1.807) is 60.7 Å². The van der Waals surface area contributed by atoms with Gasteiger partial charge in [-0.3, -0.25) is 0 Å². The minimum atomic E-state index is -4.08. The summed E-state index contributed by atoms with van der Waals surface area (Å²) < 4.78 is 64.9. The van der Waals surface area contributed by atoms with Crippen molar-refractivity contribution in [2.45, 2.75) is 92.9 Å². The van der Waals surface area contributed by atoms with Gasteiger partial charge >= 0.3 is 281 Å². The fraction of sp³-hybridized carbons (Fsp3) is 0.455. The van der Waals surface area contributed by atoms with Crippen LogP contribution in [0.25, 0.3) is 0 Å². The Kier molecular flexibility index (Phi) is 12.4. The SMILES string of the molecule is CCC[CH2][Sn]([CH2]CCC)([CH2]CCC)[CH2]C1CN(S(=O)(=O)c2ccccc2)c2cc(Cl)c(Cl)cc2N1S(=O)(=O)c1ccccc1. The summed E-state index contributed by atoms with van der Waals surface area (Å²) in [6.07, 6.45) is 6.60. The Morgan fingerprint density at radius 3 is 1.57 bits per heavy atom. The van der Waals surface area contributed by atoms with Crippen molar-refractivity contribution in [1.29, 1.82) is 0 Å². The Bertz CT molecular complexity index is 1590. The van der Waals surface area contributed by atoms with E-state index < -0.39 is 44.5 Å². The molecule has 0 amide bonds. The first-order valence-electron chi connectivity index (χ1n) is 15.7. The van der Waals surface area contributed by atoms with Crippen LogP contribution in [-0.2, 0) is 20.0 Å². The summed E-state index contributed by atoms with van der Waals surface area (Å²) in [5, 5.41) is 0.339. The molecule has 1 atom stereocenters. The molecule has 44 heavy (non-hydrogen) atoms. The molecule has 6 nitrogen and oxygen atoms in total. The molecule has 0 bridgehead atoms. The van der Waals surface area contributed by atoms with E-state index in [0.717, 1.165) is 43.0 Å². The average Bonchev–Trinajstić information content (AvgIpc) is 3.02. The van der Waals surface area contributed by atoms with E-state index in [1.165, 1.54) is 34.1 Å². The van der Waals surface area contributed by atoms with Crippen LogP contribution in [0.15, 0.2) is 82.6 Å². The second-order valence-electron chi connectivity index (χ2n) is 11.9. The molecular formula is C33H44Cl2N2O4S2Sn. The third kappa shape index (κ3) is 7.73. The number of halogens is 2. The molecule has 1 aliphatic heterocycles. The first-order chi connectivity index (χ1) is 21.0. The average molecular weight is 786 g/mol. The number of anilines is 2. The second-order valence-corrected chi connectivity index (χ2v) is 30.4. The van der Waals surface area contributed by atoms with E-state index >= 15 is 0 Å². The quantitative estimate of drug-likeness (QED) is 0.144. The summed E-state index contributed by atoms with van der Waals surface area (Å²) in [4.78, 5) is 0.311. The van der Waals surface area contributed by atoms with Crippen LogP contribution < -0.4 is 8.61 Å². The molecule has 3 aromatic carbocycles. The molecule has 0 radical (unpaired) electrons. The van der Waals surface area contributed by atoms with E-state index in [9.17, 15) is 16.8 Å². The molecule has 1 heterocycles.